The fourth-order valence-corrected chi connectivity index (χ4v) is 4.52. The Balaban J connectivity index is 1.66. The molecule has 2 aromatic carbocycles. The van der Waals surface area contributed by atoms with Crippen molar-refractivity contribution in [3.8, 4) is 11.1 Å². The van der Waals surface area contributed by atoms with Gasteiger partial charge in [-0.1, -0.05) is 54.6 Å². The van der Waals surface area contributed by atoms with Crippen molar-refractivity contribution >= 4 is 11.8 Å². The normalized spacial score (nSPS) is 22.0. The molecule has 1 saturated carbocycles. The Morgan fingerprint density at radius 1 is 1.07 bits per heavy atom. The molecule has 2 aromatic rings. The van der Waals surface area contributed by atoms with E-state index in [9.17, 15) is 9.59 Å². The number of benzene rings is 2. The van der Waals surface area contributed by atoms with E-state index in [4.69, 9.17) is 0 Å². The van der Waals surface area contributed by atoms with Crippen LogP contribution in [-0.4, -0.2) is 36.9 Å². The lowest BCUT2D eigenvalue weighted by atomic mass is 9.73. The third kappa shape index (κ3) is 3.68. The standard InChI is InChI=1S/C24H28N2O2/c1-25-23(28)24(14-7-15-26(17-24)22(27)19-12-13-19)16-20-10-5-6-11-21(20)18-8-3-2-4-9-18/h2-6,8-11,19H,7,12-17H2,1H3,(H,25,28)/t24-/m0/s1. The molecule has 1 heterocycles. The van der Waals surface area contributed by atoms with Gasteiger partial charge in [0.15, 0.2) is 0 Å². The van der Waals surface area contributed by atoms with Gasteiger partial charge in [-0.05, 0) is 48.8 Å². The highest BCUT2D eigenvalue weighted by Gasteiger charge is 2.45. The Hall–Kier alpha value is -2.62. The van der Waals surface area contributed by atoms with E-state index in [1.165, 1.54) is 0 Å². The van der Waals surface area contributed by atoms with E-state index >= 15 is 0 Å². The van der Waals surface area contributed by atoms with Crippen molar-refractivity contribution in [2.24, 2.45) is 11.3 Å². The van der Waals surface area contributed by atoms with E-state index in [0.717, 1.165) is 48.9 Å². The summed E-state index contributed by atoms with van der Waals surface area (Å²) in [4.78, 5) is 27.7. The van der Waals surface area contributed by atoms with Crippen molar-refractivity contribution in [3.63, 3.8) is 0 Å². The fourth-order valence-electron chi connectivity index (χ4n) is 4.52. The smallest absolute Gasteiger partial charge is 0.228 e. The molecule has 0 bridgehead atoms. The highest BCUT2D eigenvalue weighted by Crippen LogP contribution is 2.39. The van der Waals surface area contributed by atoms with Gasteiger partial charge in [-0.25, -0.2) is 0 Å². The maximum Gasteiger partial charge on any atom is 0.228 e. The number of likely N-dealkylation sites (tertiary alicyclic amines) is 1. The summed E-state index contributed by atoms with van der Waals surface area (Å²) in [5.74, 6) is 0.477. The molecule has 0 unspecified atom stereocenters. The molecule has 0 radical (unpaired) electrons. The lowest BCUT2D eigenvalue weighted by Gasteiger charge is -2.42. The molecule has 4 nitrogen and oxygen atoms in total. The van der Waals surface area contributed by atoms with Gasteiger partial charge in [0.25, 0.3) is 0 Å². The second kappa shape index (κ2) is 7.78. The number of hydrogen-bond acceptors (Lipinski definition) is 2. The number of piperidine rings is 1. The Morgan fingerprint density at radius 2 is 1.79 bits per heavy atom. The van der Waals surface area contributed by atoms with Gasteiger partial charge in [-0.15, -0.1) is 0 Å². The van der Waals surface area contributed by atoms with E-state index in [2.05, 4.69) is 29.6 Å². The largest absolute Gasteiger partial charge is 0.359 e. The summed E-state index contributed by atoms with van der Waals surface area (Å²) in [7, 11) is 1.70. The number of carbonyl (C=O) groups excluding carboxylic acids is 2. The van der Waals surface area contributed by atoms with Gasteiger partial charge >= 0.3 is 0 Å². The molecule has 4 heteroatoms. The van der Waals surface area contributed by atoms with Crippen LogP contribution in [0.15, 0.2) is 54.6 Å². The quantitative estimate of drug-likeness (QED) is 0.866. The van der Waals surface area contributed by atoms with Crippen LogP contribution in [0.4, 0.5) is 0 Å². The number of nitrogens with one attached hydrogen (secondary N) is 1. The van der Waals surface area contributed by atoms with Crippen molar-refractivity contribution in [3.05, 3.63) is 60.2 Å². The zero-order chi connectivity index (χ0) is 19.6. The van der Waals surface area contributed by atoms with Crippen LogP contribution in [0.1, 0.15) is 31.2 Å². The first-order valence-electron chi connectivity index (χ1n) is 10.3. The average molecular weight is 377 g/mol. The molecule has 1 aliphatic heterocycles. The van der Waals surface area contributed by atoms with Crippen LogP contribution in [0.3, 0.4) is 0 Å². The Kier molecular flexibility index (Phi) is 5.21. The van der Waals surface area contributed by atoms with Crippen LogP contribution in [0.25, 0.3) is 11.1 Å². The van der Waals surface area contributed by atoms with Gasteiger partial charge in [-0.3, -0.25) is 9.59 Å². The van der Waals surface area contributed by atoms with E-state index in [1.807, 2.05) is 35.2 Å². The first-order valence-corrected chi connectivity index (χ1v) is 10.3. The zero-order valence-electron chi connectivity index (χ0n) is 16.5. The fraction of sp³-hybridized carbons (Fsp3) is 0.417. The molecule has 2 amide bonds. The maximum absolute atomic E-state index is 13.0. The predicted molar refractivity (Wildman–Crippen MR) is 111 cm³/mol. The van der Waals surface area contributed by atoms with E-state index in [1.54, 1.807) is 7.05 Å². The van der Waals surface area contributed by atoms with Crippen molar-refractivity contribution < 1.29 is 9.59 Å². The second-order valence-corrected chi connectivity index (χ2v) is 8.20. The SMILES string of the molecule is CNC(=O)[C@]1(Cc2ccccc2-c2ccccc2)CCCN(C(=O)C2CC2)C1. The lowest BCUT2D eigenvalue weighted by Crippen LogP contribution is -2.54. The lowest BCUT2D eigenvalue weighted by molar-refractivity contribution is -0.142. The molecule has 1 aliphatic carbocycles. The molecule has 1 N–H and O–H groups in total. The Bertz CT molecular complexity index is 860. The average Bonchev–Trinajstić information content (AvgIpc) is 3.59. The molecule has 2 aliphatic rings. The van der Waals surface area contributed by atoms with Crippen molar-refractivity contribution in [2.75, 3.05) is 20.1 Å². The minimum atomic E-state index is -0.567. The van der Waals surface area contributed by atoms with Gasteiger partial charge in [0.2, 0.25) is 11.8 Å². The van der Waals surface area contributed by atoms with Crippen LogP contribution in [0, 0.1) is 11.3 Å². The summed E-state index contributed by atoms with van der Waals surface area (Å²) in [6.07, 6.45) is 4.33. The molecule has 1 saturated heterocycles. The van der Waals surface area contributed by atoms with Crippen LogP contribution in [0.5, 0.6) is 0 Å². The highest BCUT2D eigenvalue weighted by atomic mass is 16.2. The second-order valence-electron chi connectivity index (χ2n) is 8.20. The van der Waals surface area contributed by atoms with E-state index < -0.39 is 5.41 Å². The summed E-state index contributed by atoms with van der Waals surface area (Å²) in [6, 6.07) is 18.6. The Morgan fingerprint density at radius 3 is 2.50 bits per heavy atom. The van der Waals surface area contributed by atoms with E-state index in [0.29, 0.717) is 13.0 Å². The molecule has 0 aromatic heterocycles. The molecule has 4 rings (SSSR count). The van der Waals surface area contributed by atoms with Gasteiger partial charge in [0, 0.05) is 26.1 Å². The summed E-state index contributed by atoms with van der Waals surface area (Å²) in [6.45, 7) is 1.29. The van der Waals surface area contributed by atoms with Crippen molar-refractivity contribution in [1.82, 2.24) is 10.2 Å². The zero-order valence-corrected chi connectivity index (χ0v) is 16.5. The third-order valence-electron chi connectivity index (χ3n) is 6.15. The van der Waals surface area contributed by atoms with Gasteiger partial charge in [0.1, 0.15) is 0 Å². The summed E-state index contributed by atoms with van der Waals surface area (Å²) in [5, 5.41) is 2.88. The molecule has 1 atom stereocenters. The molecule has 146 valence electrons. The number of carbonyl (C=O) groups is 2. The van der Waals surface area contributed by atoms with Crippen LogP contribution >= 0.6 is 0 Å². The first kappa shape index (κ1) is 18.7. The number of rotatable bonds is 5. The summed E-state index contributed by atoms with van der Waals surface area (Å²) >= 11 is 0. The molecule has 2 fully saturated rings. The molecule has 28 heavy (non-hydrogen) atoms. The van der Waals surface area contributed by atoms with Crippen LogP contribution in [0.2, 0.25) is 0 Å². The van der Waals surface area contributed by atoms with Crippen LogP contribution < -0.4 is 5.32 Å². The number of amides is 2. The number of nitrogens with zero attached hydrogens (tertiary/aromatic N) is 1. The van der Waals surface area contributed by atoms with Gasteiger partial charge < -0.3 is 10.2 Å². The number of hydrogen-bond donors (Lipinski definition) is 1. The first-order chi connectivity index (χ1) is 13.6. The van der Waals surface area contributed by atoms with Gasteiger partial charge in [-0.2, -0.15) is 0 Å². The molecular weight excluding hydrogens is 348 g/mol. The third-order valence-corrected chi connectivity index (χ3v) is 6.15. The van der Waals surface area contributed by atoms with Gasteiger partial charge in [0.05, 0.1) is 5.41 Å². The summed E-state index contributed by atoms with van der Waals surface area (Å²) < 4.78 is 0. The minimum Gasteiger partial charge on any atom is -0.359 e. The monoisotopic (exact) mass is 376 g/mol. The van der Waals surface area contributed by atoms with Crippen LogP contribution in [-0.2, 0) is 16.0 Å². The Labute approximate surface area is 166 Å². The maximum atomic E-state index is 13.0. The highest BCUT2D eigenvalue weighted by molar-refractivity contribution is 5.86. The molecule has 0 spiro atoms. The van der Waals surface area contributed by atoms with Crippen molar-refractivity contribution in [1.29, 1.82) is 0 Å². The molecular formula is C24H28N2O2. The van der Waals surface area contributed by atoms with E-state index in [-0.39, 0.29) is 17.7 Å². The summed E-state index contributed by atoms with van der Waals surface area (Å²) in [5.41, 5.74) is 2.92. The topological polar surface area (TPSA) is 49.4 Å². The predicted octanol–water partition coefficient (Wildman–Crippen LogP) is 3.66. The minimum absolute atomic E-state index is 0.0451. The van der Waals surface area contributed by atoms with Crippen molar-refractivity contribution in [2.45, 2.75) is 32.1 Å².